The summed E-state index contributed by atoms with van der Waals surface area (Å²) in [6.07, 6.45) is 5.97. The maximum atomic E-state index is 13.7. The number of morpholine rings is 1. The van der Waals surface area contributed by atoms with Gasteiger partial charge in [0.15, 0.2) is 11.4 Å². The number of fused-ring (bicyclic) bond motifs is 1. The van der Waals surface area contributed by atoms with E-state index in [4.69, 9.17) is 24.2 Å². The highest BCUT2D eigenvalue weighted by Gasteiger charge is 2.23. The number of anilines is 1. The van der Waals surface area contributed by atoms with Gasteiger partial charge in [-0.15, -0.1) is 11.3 Å². The number of hydrogen-bond donors (Lipinski definition) is 0. The fourth-order valence-corrected chi connectivity index (χ4v) is 5.19. The topological polar surface area (TPSA) is 95.3 Å². The predicted octanol–water partition coefficient (Wildman–Crippen LogP) is 4.26. The van der Waals surface area contributed by atoms with Gasteiger partial charge in [-0.25, -0.2) is 14.8 Å². The van der Waals surface area contributed by atoms with Crippen LogP contribution in [0.15, 0.2) is 28.5 Å². The second kappa shape index (κ2) is 11.7. The van der Waals surface area contributed by atoms with Gasteiger partial charge in [0.2, 0.25) is 0 Å². The fraction of sp³-hybridized carbons (Fsp3) is 0.500. The highest BCUT2D eigenvalue weighted by Crippen LogP contribution is 2.28. The number of methoxy groups -OCH3 is 1. The molecule has 9 nitrogen and oxygen atoms in total. The van der Waals surface area contributed by atoms with Crippen molar-refractivity contribution in [3.8, 4) is 5.75 Å². The Hall–Kier alpha value is -3.24. The minimum Gasteiger partial charge on any atom is -0.493 e. The minimum atomic E-state index is -0.635. The summed E-state index contributed by atoms with van der Waals surface area (Å²) in [6, 6.07) is 1.89. The standard InChI is InChI=1S/C28H36N4O5S/c1-18(2)21-17-38-22(29-21)9-7-19-11-12-32-26(24(19)35-6)30-25(31-13-15-36-16-14-31)20(27(32)34)8-10-23(33)37-28(3,4)5/h8,10-12,17-18H,7,9,13-16H2,1-6H3/b10-8+. The lowest BCUT2D eigenvalue weighted by atomic mass is 10.1. The van der Waals surface area contributed by atoms with E-state index >= 15 is 0 Å². The number of aromatic nitrogens is 3. The molecule has 0 radical (unpaired) electrons. The third-order valence-corrected chi connectivity index (χ3v) is 7.05. The molecule has 0 aliphatic carbocycles. The first kappa shape index (κ1) is 27.8. The molecule has 38 heavy (non-hydrogen) atoms. The zero-order valence-corrected chi connectivity index (χ0v) is 23.8. The molecule has 0 amide bonds. The largest absolute Gasteiger partial charge is 0.493 e. The summed E-state index contributed by atoms with van der Waals surface area (Å²) in [7, 11) is 1.59. The first-order chi connectivity index (χ1) is 18.1. The van der Waals surface area contributed by atoms with Crippen molar-refractivity contribution < 1.29 is 19.0 Å². The van der Waals surface area contributed by atoms with Gasteiger partial charge in [0.25, 0.3) is 5.56 Å². The molecule has 1 aliphatic heterocycles. The number of pyridine rings is 1. The number of hydrogen-bond acceptors (Lipinski definition) is 9. The average molecular weight is 541 g/mol. The van der Waals surface area contributed by atoms with Gasteiger partial charge in [-0.1, -0.05) is 13.8 Å². The number of nitrogens with zero attached hydrogens (tertiary/aromatic N) is 4. The number of carbonyl (C=O) groups excluding carboxylic acids is 1. The van der Waals surface area contributed by atoms with Crippen LogP contribution < -0.4 is 15.2 Å². The molecule has 0 bridgehead atoms. The maximum Gasteiger partial charge on any atom is 0.331 e. The van der Waals surface area contributed by atoms with Crippen LogP contribution in [0.2, 0.25) is 0 Å². The zero-order valence-electron chi connectivity index (χ0n) is 22.9. The number of ether oxygens (including phenoxy) is 3. The number of esters is 1. The van der Waals surface area contributed by atoms with Gasteiger partial charge in [0.1, 0.15) is 11.4 Å². The van der Waals surface area contributed by atoms with Crippen molar-refractivity contribution in [2.45, 2.75) is 59.0 Å². The quantitative estimate of drug-likeness (QED) is 0.309. The zero-order chi connectivity index (χ0) is 27.4. The third kappa shape index (κ3) is 6.42. The second-order valence-electron chi connectivity index (χ2n) is 10.5. The molecule has 3 aromatic rings. The Morgan fingerprint density at radius 3 is 2.58 bits per heavy atom. The van der Waals surface area contributed by atoms with Gasteiger partial charge in [-0.2, -0.15) is 0 Å². The first-order valence-corrected chi connectivity index (χ1v) is 13.8. The first-order valence-electron chi connectivity index (χ1n) is 12.9. The van der Waals surface area contributed by atoms with Crippen molar-refractivity contribution in [1.82, 2.24) is 14.4 Å². The average Bonchev–Trinajstić information content (AvgIpc) is 3.35. The maximum absolute atomic E-state index is 13.7. The van der Waals surface area contributed by atoms with Crippen LogP contribution in [0.5, 0.6) is 5.75 Å². The minimum absolute atomic E-state index is 0.289. The summed E-state index contributed by atoms with van der Waals surface area (Å²) in [4.78, 5) is 37.8. The highest BCUT2D eigenvalue weighted by molar-refractivity contribution is 7.09. The van der Waals surface area contributed by atoms with Crippen LogP contribution in [-0.2, 0) is 27.1 Å². The molecule has 4 heterocycles. The molecule has 204 valence electrons. The van der Waals surface area contributed by atoms with Crippen molar-refractivity contribution in [3.63, 3.8) is 0 Å². The van der Waals surface area contributed by atoms with E-state index in [2.05, 4.69) is 19.2 Å². The van der Waals surface area contributed by atoms with Crippen LogP contribution in [-0.4, -0.2) is 59.4 Å². The molecule has 0 aromatic carbocycles. The molecule has 10 heteroatoms. The molecular weight excluding hydrogens is 504 g/mol. The van der Waals surface area contributed by atoms with Crippen molar-refractivity contribution in [1.29, 1.82) is 0 Å². The molecular formula is C28H36N4O5S. The monoisotopic (exact) mass is 540 g/mol. The van der Waals surface area contributed by atoms with Crippen molar-refractivity contribution >= 4 is 34.8 Å². The van der Waals surface area contributed by atoms with Crippen LogP contribution in [0.25, 0.3) is 11.7 Å². The number of rotatable bonds is 8. The van der Waals surface area contributed by atoms with E-state index in [0.29, 0.717) is 61.4 Å². The molecule has 1 aliphatic rings. The van der Waals surface area contributed by atoms with E-state index in [1.54, 1.807) is 45.4 Å². The third-order valence-electron chi connectivity index (χ3n) is 6.13. The molecule has 4 rings (SSSR count). The second-order valence-corrected chi connectivity index (χ2v) is 11.5. The summed E-state index contributed by atoms with van der Waals surface area (Å²) < 4.78 is 18.2. The van der Waals surface area contributed by atoms with Crippen LogP contribution >= 0.6 is 11.3 Å². The Bertz CT molecular complexity index is 1380. The van der Waals surface area contributed by atoms with Crippen molar-refractivity contribution in [3.05, 3.63) is 55.9 Å². The van der Waals surface area contributed by atoms with E-state index in [1.165, 1.54) is 16.6 Å². The van der Waals surface area contributed by atoms with Crippen molar-refractivity contribution in [2.75, 3.05) is 38.3 Å². The van der Waals surface area contributed by atoms with Crippen LogP contribution in [0.1, 0.15) is 62.4 Å². The van der Waals surface area contributed by atoms with Crippen molar-refractivity contribution in [2.24, 2.45) is 0 Å². The van der Waals surface area contributed by atoms with Gasteiger partial charge < -0.3 is 19.1 Å². The Balaban J connectivity index is 1.74. The van der Waals surface area contributed by atoms with E-state index < -0.39 is 11.6 Å². The molecule has 3 aromatic heterocycles. The Morgan fingerprint density at radius 2 is 1.95 bits per heavy atom. The summed E-state index contributed by atoms with van der Waals surface area (Å²) in [5.41, 5.74) is 1.88. The van der Waals surface area contributed by atoms with Gasteiger partial charge >= 0.3 is 5.97 Å². The molecule has 1 fully saturated rings. The van der Waals surface area contributed by atoms with Gasteiger partial charge in [0.05, 0.1) is 36.6 Å². The van der Waals surface area contributed by atoms with Crippen LogP contribution in [0.4, 0.5) is 5.82 Å². The molecule has 0 unspecified atom stereocenters. The molecule has 0 spiro atoms. The summed E-state index contributed by atoms with van der Waals surface area (Å²) in [5.74, 6) is 0.923. The number of aryl methyl sites for hydroxylation is 2. The normalized spacial score (nSPS) is 14.6. The molecule has 1 saturated heterocycles. The van der Waals surface area contributed by atoms with Crippen LogP contribution in [0.3, 0.4) is 0 Å². The fourth-order valence-electron chi connectivity index (χ4n) is 4.23. The molecule has 0 N–H and O–H groups in total. The lowest BCUT2D eigenvalue weighted by Gasteiger charge is -2.29. The van der Waals surface area contributed by atoms with E-state index in [9.17, 15) is 9.59 Å². The van der Waals surface area contributed by atoms with E-state index in [0.717, 1.165) is 22.7 Å². The highest BCUT2D eigenvalue weighted by atomic mass is 32.1. The van der Waals surface area contributed by atoms with Gasteiger partial charge in [0, 0.05) is 37.2 Å². The van der Waals surface area contributed by atoms with Gasteiger partial charge in [-0.05, 0) is 50.8 Å². The smallest absolute Gasteiger partial charge is 0.331 e. The predicted molar refractivity (Wildman–Crippen MR) is 150 cm³/mol. The number of carbonyl (C=O) groups is 1. The van der Waals surface area contributed by atoms with Crippen LogP contribution in [0, 0.1) is 0 Å². The molecule has 0 atom stereocenters. The molecule has 0 saturated carbocycles. The Labute approximate surface area is 227 Å². The van der Waals surface area contributed by atoms with E-state index in [-0.39, 0.29) is 5.56 Å². The summed E-state index contributed by atoms with van der Waals surface area (Å²) >= 11 is 1.66. The van der Waals surface area contributed by atoms with Gasteiger partial charge in [-0.3, -0.25) is 9.20 Å². The summed E-state index contributed by atoms with van der Waals surface area (Å²) in [6.45, 7) is 11.9. The van der Waals surface area contributed by atoms with E-state index in [1.807, 2.05) is 11.0 Å². The number of thiazole rings is 1. The SMILES string of the molecule is COc1c(CCc2nc(C(C)C)cs2)ccn2c(=O)c(/C=C/C(=O)OC(C)(C)C)c(N3CCOCC3)nc12. The Kier molecular flexibility index (Phi) is 8.52. The lowest BCUT2D eigenvalue weighted by molar-refractivity contribution is -0.148. The Morgan fingerprint density at radius 1 is 1.21 bits per heavy atom. The summed E-state index contributed by atoms with van der Waals surface area (Å²) in [5, 5.41) is 3.18. The lowest BCUT2D eigenvalue weighted by Crippen LogP contribution is -2.38.